The van der Waals surface area contributed by atoms with Crippen molar-refractivity contribution in [2.75, 3.05) is 0 Å². The molecule has 1 aromatic rings. The van der Waals surface area contributed by atoms with Gasteiger partial charge in [-0.25, -0.2) is 4.79 Å². The average Bonchev–Trinajstić information content (AvgIpc) is 3.17. The van der Waals surface area contributed by atoms with Gasteiger partial charge in [0.2, 0.25) is 0 Å². The Morgan fingerprint density at radius 3 is 2.45 bits per heavy atom. The van der Waals surface area contributed by atoms with E-state index in [1.54, 1.807) is 12.1 Å². The maximum absolute atomic E-state index is 12.3. The van der Waals surface area contributed by atoms with Gasteiger partial charge in [0, 0.05) is 18.2 Å². The van der Waals surface area contributed by atoms with Crippen LogP contribution < -0.4 is 16.4 Å². The minimum absolute atomic E-state index is 0.00172. The molecule has 118 valence electrons. The molecule has 5 heteroatoms. The SMILES string of the molecule is NC(=O)NCc1ccc(C(=O)NC2CC23CCCCC3)cc1. The van der Waals surface area contributed by atoms with Crippen LogP contribution in [0.4, 0.5) is 4.79 Å². The standard InChI is InChI=1S/C17H23N3O2/c18-16(22)19-11-12-4-6-13(7-5-12)15(21)20-14-10-17(14)8-2-1-3-9-17/h4-7,14H,1-3,8-11H2,(H,20,21)(H3,18,19,22). The maximum Gasteiger partial charge on any atom is 0.312 e. The van der Waals surface area contributed by atoms with Gasteiger partial charge in [0.05, 0.1) is 0 Å². The summed E-state index contributed by atoms with van der Waals surface area (Å²) in [6, 6.07) is 7.08. The molecule has 0 bridgehead atoms. The minimum Gasteiger partial charge on any atom is -0.352 e. The first-order chi connectivity index (χ1) is 10.6. The van der Waals surface area contributed by atoms with E-state index in [1.165, 1.54) is 32.1 Å². The lowest BCUT2D eigenvalue weighted by molar-refractivity contribution is 0.0942. The number of rotatable bonds is 4. The molecule has 2 fully saturated rings. The third kappa shape index (κ3) is 3.24. The molecule has 0 aliphatic heterocycles. The molecule has 22 heavy (non-hydrogen) atoms. The van der Waals surface area contributed by atoms with Crippen molar-refractivity contribution < 1.29 is 9.59 Å². The van der Waals surface area contributed by atoms with E-state index in [1.807, 2.05) is 12.1 Å². The predicted molar refractivity (Wildman–Crippen MR) is 84.3 cm³/mol. The smallest absolute Gasteiger partial charge is 0.312 e. The normalized spacial score (nSPS) is 22.1. The fourth-order valence-electron chi connectivity index (χ4n) is 3.56. The first-order valence-electron chi connectivity index (χ1n) is 8.02. The third-order valence-electron chi connectivity index (χ3n) is 5.03. The van der Waals surface area contributed by atoms with Gasteiger partial charge in [0.25, 0.3) is 5.91 Å². The highest BCUT2D eigenvalue weighted by Gasteiger charge is 2.54. The van der Waals surface area contributed by atoms with E-state index < -0.39 is 6.03 Å². The van der Waals surface area contributed by atoms with Gasteiger partial charge in [0.15, 0.2) is 0 Å². The number of hydrogen-bond acceptors (Lipinski definition) is 2. The van der Waals surface area contributed by atoms with E-state index in [-0.39, 0.29) is 5.91 Å². The molecule has 1 aromatic carbocycles. The zero-order valence-electron chi connectivity index (χ0n) is 12.7. The molecule has 0 aromatic heterocycles. The largest absolute Gasteiger partial charge is 0.352 e. The quantitative estimate of drug-likeness (QED) is 0.797. The molecule has 1 spiro atoms. The van der Waals surface area contributed by atoms with Crippen molar-refractivity contribution in [3.8, 4) is 0 Å². The fraction of sp³-hybridized carbons (Fsp3) is 0.529. The van der Waals surface area contributed by atoms with Crippen LogP contribution in [-0.2, 0) is 6.54 Å². The van der Waals surface area contributed by atoms with Gasteiger partial charge < -0.3 is 16.4 Å². The van der Waals surface area contributed by atoms with E-state index in [4.69, 9.17) is 5.73 Å². The molecular formula is C17H23N3O2. The first-order valence-corrected chi connectivity index (χ1v) is 8.02. The number of hydrogen-bond donors (Lipinski definition) is 3. The Labute approximate surface area is 130 Å². The summed E-state index contributed by atoms with van der Waals surface area (Å²) in [4.78, 5) is 23.0. The minimum atomic E-state index is -0.548. The van der Waals surface area contributed by atoms with Crippen LogP contribution in [0.15, 0.2) is 24.3 Å². The van der Waals surface area contributed by atoms with Crippen LogP contribution in [0.1, 0.15) is 54.4 Å². The van der Waals surface area contributed by atoms with Gasteiger partial charge in [-0.15, -0.1) is 0 Å². The number of carbonyl (C=O) groups is 2. The molecule has 0 heterocycles. The fourth-order valence-corrected chi connectivity index (χ4v) is 3.56. The predicted octanol–water partition coefficient (Wildman–Crippen LogP) is 2.31. The van der Waals surface area contributed by atoms with Crippen LogP contribution >= 0.6 is 0 Å². The number of primary amides is 1. The molecule has 3 amide bonds. The second-order valence-corrected chi connectivity index (χ2v) is 6.57. The summed E-state index contributed by atoms with van der Waals surface area (Å²) in [7, 11) is 0. The van der Waals surface area contributed by atoms with Crippen molar-refractivity contribution in [3.05, 3.63) is 35.4 Å². The number of carbonyl (C=O) groups excluding carboxylic acids is 2. The molecule has 2 aliphatic carbocycles. The summed E-state index contributed by atoms with van der Waals surface area (Å²) >= 11 is 0. The molecule has 5 nitrogen and oxygen atoms in total. The van der Waals surface area contributed by atoms with Crippen LogP contribution in [0.5, 0.6) is 0 Å². The van der Waals surface area contributed by atoms with Crippen LogP contribution in [0, 0.1) is 5.41 Å². The zero-order valence-corrected chi connectivity index (χ0v) is 12.7. The Morgan fingerprint density at radius 2 is 1.82 bits per heavy atom. The molecule has 2 saturated carbocycles. The Bertz CT molecular complexity index is 562. The topological polar surface area (TPSA) is 84.2 Å². The monoisotopic (exact) mass is 301 g/mol. The van der Waals surface area contributed by atoms with Crippen molar-refractivity contribution in [1.29, 1.82) is 0 Å². The highest BCUT2D eigenvalue weighted by Crippen LogP contribution is 2.56. The first kappa shape index (κ1) is 14.9. The zero-order chi connectivity index (χ0) is 15.6. The molecule has 0 radical (unpaired) electrons. The van der Waals surface area contributed by atoms with Crippen molar-refractivity contribution >= 4 is 11.9 Å². The Kier molecular flexibility index (Phi) is 4.05. The summed E-state index contributed by atoms with van der Waals surface area (Å²) < 4.78 is 0. The maximum atomic E-state index is 12.3. The van der Waals surface area contributed by atoms with Crippen molar-refractivity contribution in [1.82, 2.24) is 10.6 Å². The molecule has 0 saturated heterocycles. The number of urea groups is 1. The van der Waals surface area contributed by atoms with Crippen molar-refractivity contribution in [3.63, 3.8) is 0 Å². The highest BCUT2D eigenvalue weighted by atomic mass is 16.2. The lowest BCUT2D eigenvalue weighted by atomic mass is 9.86. The second-order valence-electron chi connectivity index (χ2n) is 6.57. The van der Waals surface area contributed by atoms with Crippen LogP contribution in [-0.4, -0.2) is 18.0 Å². The lowest BCUT2D eigenvalue weighted by Crippen LogP contribution is -2.30. The molecule has 1 atom stereocenters. The molecular weight excluding hydrogens is 278 g/mol. The summed E-state index contributed by atoms with van der Waals surface area (Å²) in [6.07, 6.45) is 7.59. The Hall–Kier alpha value is -2.04. The van der Waals surface area contributed by atoms with Crippen molar-refractivity contribution in [2.24, 2.45) is 11.1 Å². The van der Waals surface area contributed by atoms with Crippen LogP contribution in [0.2, 0.25) is 0 Å². The average molecular weight is 301 g/mol. The van der Waals surface area contributed by atoms with Gasteiger partial charge in [0.1, 0.15) is 0 Å². The summed E-state index contributed by atoms with van der Waals surface area (Å²) in [5.74, 6) is 0.00172. The number of benzene rings is 1. The van der Waals surface area contributed by atoms with Crippen LogP contribution in [0.3, 0.4) is 0 Å². The highest BCUT2D eigenvalue weighted by molar-refractivity contribution is 5.94. The molecule has 3 rings (SSSR count). The van der Waals surface area contributed by atoms with E-state index in [2.05, 4.69) is 10.6 Å². The Morgan fingerprint density at radius 1 is 1.14 bits per heavy atom. The lowest BCUT2D eigenvalue weighted by Gasteiger charge is -2.22. The van der Waals surface area contributed by atoms with Gasteiger partial charge in [-0.2, -0.15) is 0 Å². The van der Waals surface area contributed by atoms with E-state index in [0.29, 0.717) is 23.6 Å². The summed E-state index contributed by atoms with van der Waals surface area (Å²) in [6.45, 7) is 0.378. The van der Waals surface area contributed by atoms with Gasteiger partial charge in [-0.3, -0.25) is 4.79 Å². The van der Waals surface area contributed by atoms with Gasteiger partial charge in [-0.05, 0) is 42.4 Å². The number of amides is 3. The number of nitrogens with two attached hydrogens (primary N) is 1. The van der Waals surface area contributed by atoms with Crippen molar-refractivity contribution in [2.45, 2.75) is 51.1 Å². The third-order valence-corrected chi connectivity index (χ3v) is 5.03. The van der Waals surface area contributed by atoms with E-state index >= 15 is 0 Å². The molecule has 1 unspecified atom stereocenters. The molecule has 4 N–H and O–H groups in total. The second kappa shape index (κ2) is 5.99. The summed E-state index contributed by atoms with van der Waals surface area (Å²) in [5.41, 5.74) is 7.03. The van der Waals surface area contributed by atoms with E-state index in [9.17, 15) is 9.59 Å². The molecule has 2 aliphatic rings. The van der Waals surface area contributed by atoms with Crippen LogP contribution in [0.25, 0.3) is 0 Å². The van der Waals surface area contributed by atoms with Gasteiger partial charge in [-0.1, -0.05) is 31.4 Å². The van der Waals surface area contributed by atoms with Gasteiger partial charge >= 0.3 is 6.03 Å². The van der Waals surface area contributed by atoms with E-state index in [0.717, 1.165) is 12.0 Å². The summed E-state index contributed by atoms with van der Waals surface area (Å²) in [5, 5.41) is 5.70. The Balaban J connectivity index is 1.53. The number of nitrogens with one attached hydrogen (secondary N) is 2.